The Morgan fingerprint density at radius 3 is 2.88 bits per heavy atom. The first-order chi connectivity index (χ1) is 7.74. The molecule has 0 aromatic heterocycles. The van der Waals surface area contributed by atoms with Crippen LogP contribution in [0.4, 0.5) is 0 Å². The highest BCUT2D eigenvalue weighted by Gasteiger charge is 2.19. The summed E-state index contributed by atoms with van der Waals surface area (Å²) in [5.74, 6) is -0.314. The van der Waals surface area contributed by atoms with Gasteiger partial charge in [-0.1, -0.05) is 0 Å². The van der Waals surface area contributed by atoms with Gasteiger partial charge in [0.15, 0.2) is 0 Å². The van der Waals surface area contributed by atoms with E-state index in [2.05, 4.69) is 10.6 Å². The van der Waals surface area contributed by atoms with Crippen molar-refractivity contribution in [2.24, 2.45) is 5.92 Å². The van der Waals surface area contributed by atoms with Crippen LogP contribution >= 0.6 is 0 Å². The molecule has 16 heavy (non-hydrogen) atoms. The average Bonchev–Trinajstić information content (AvgIpc) is 2.35. The molecule has 1 saturated heterocycles. The molecule has 1 heterocycles. The molecule has 0 saturated carbocycles. The van der Waals surface area contributed by atoms with Crippen molar-refractivity contribution in [1.82, 2.24) is 16.1 Å². The molecule has 0 aromatic carbocycles. The van der Waals surface area contributed by atoms with E-state index in [-0.39, 0.29) is 18.2 Å². The maximum Gasteiger partial charge on any atom is 0.243 e. The molecule has 0 radical (unpaired) electrons. The number of rotatable bonds is 5. The second-order valence-electron chi connectivity index (χ2n) is 3.97. The molecular formula is C10H19N3O3. The van der Waals surface area contributed by atoms with Crippen LogP contribution in [0.25, 0.3) is 0 Å². The summed E-state index contributed by atoms with van der Waals surface area (Å²) >= 11 is 0. The first kappa shape index (κ1) is 12.9. The maximum atomic E-state index is 11.6. The third-order valence-corrected chi connectivity index (χ3v) is 2.67. The van der Waals surface area contributed by atoms with Crippen LogP contribution in [-0.2, 0) is 9.59 Å². The van der Waals surface area contributed by atoms with E-state index >= 15 is 0 Å². The van der Waals surface area contributed by atoms with Gasteiger partial charge in [-0.15, -0.1) is 0 Å². The predicted octanol–water partition coefficient (Wildman–Crippen LogP) is -0.612. The van der Waals surface area contributed by atoms with E-state index in [1.807, 2.05) is 0 Å². The van der Waals surface area contributed by atoms with E-state index in [1.165, 1.54) is 0 Å². The lowest BCUT2D eigenvalue weighted by Gasteiger charge is -2.21. The quantitative estimate of drug-likeness (QED) is 0.287. The molecule has 4 N–H and O–H groups in total. The van der Waals surface area contributed by atoms with Crippen molar-refractivity contribution in [3.8, 4) is 0 Å². The molecule has 1 unspecified atom stereocenters. The zero-order chi connectivity index (χ0) is 11.8. The van der Waals surface area contributed by atoms with E-state index in [0.717, 1.165) is 25.9 Å². The molecule has 0 aliphatic carbocycles. The Labute approximate surface area is 94.7 Å². The van der Waals surface area contributed by atoms with Crippen molar-refractivity contribution in [3.05, 3.63) is 0 Å². The largest absolute Gasteiger partial charge is 0.356 e. The monoisotopic (exact) mass is 229 g/mol. The second-order valence-corrected chi connectivity index (χ2v) is 3.97. The van der Waals surface area contributed by atoms with Crippen LogP contribution in [0.15, 0.2) is 0 Å². The lowest BCUT2D eigenvalue weighted by atomic mass is 9.99. The molecule has 6 heteroatoms. The smallest absolute Gasteiger partial charge is 0.243 e. The van der Waals surface area contributed by atoms with Crippen LogP contribution in [-0.4, -0.2) is 36.7 Å². The molecular weight excluding hydrogens is 210 g/mol. The van der Waals surface area contributed by atoms with Gasteiger partial charge >= 0.3 is 0 Å². The predicted molar refractivity (Wildman–Crippen MR) is 57.8 cm³/mol. The topological polar surface area (TPSA) is 90.5 Å². The van der Waals surface area contributed by atoms with E-state index in [9.17, 15) is 9.59 Å². The number of hydrogen-bond donors (Lipinski definition) is 4. The molecule has 0 aromatic rings. The molecule has 0 spiro atoms. The molecule has 1 aliphatic rings. The Morgan fingerprint density at radius 1 is 1.44 bits per heavy atom. The molecule has 1 aliphatic heterocycles. The average molecular weight is 229 g/mol. The van der Waals surface area contributed by atoms with Gasteiger partial charge in [0.2, 0.25) is 11.8 Å². The van der Waals surface area contributed by atoms with Gasteiger partial charge in [0.1, 0.15) is 0 Å². The van der Waals surface area contributed by atoms with E-state index < -0.39 is 5.91 Å². The van der Waals surface area contributed by atoms with Crippen LogP contribution in [0.5, 0.6) is 0 Å². The Hall–Kier alpha value is -1.14. The fraction of sp³-hybridized carbons (Fsp3) is 0.800. The lowest BCUT2D eigenvalue weighted by Crippen LogP contribution is -2.40. The zero-order valence-corrected chi connectivity index (χ0v) is 9.29. The summed E-state index contributed by atoms with van der Waals surface area (Å²) in [4.78, 5) is 22.3. The van der Waals surface area contributed by atoms with Crippen LogP contribution in [0.1, 0.15) is 25.7 Å². The van der Waals surface area contributed by atoms with E-state index in [4.69, 9.17) is 5.21 Å². The van der Waals surface area contributed by atoms with Gasteiger partial charge in [-0.05, 0) is 25.8 Å². The third kappa shape index (κ3) is 4.59. The van der Waals surface area contributed by atoms with Crippen molar-refractivity contribution in [2.75, 3.05) is 19.6 Å². The number of amides is 2. The van der Waals surface area contributed by atoms with Gasteiger partial charge in [-0.3, -0.25) is 14.8 Å². The molecule has 92 valence electrons. The minimum Gasteiger partial charge on any atom is -0.356 e. The normalized spacial score (nSPS) is 20.2. The van der Waals surface area contributed by atoms with Gasteiger partial charge < -0.3 is 10.6 Å². The fourth-order valence-corrected chi connectivity index (χ4v) is 1.74. The fourth-order valence-electron chi connectivity index (χ4n) is 1.74. The summed E-state index contributed by atoms with van der Waals surface area (Å²) in [6.07, 6.45) is 2.72. The van der Waals surface area contributed by atoms with Gasteiger partial charge in [-0.2, -0.15) is 0 Å². The molecule has 2 amide bonds. The SMILES string of the molecule is O=C(CCCNC(=O)C1CCCNC1)NO. The standard InChI is InChI=1S/C10H19N3O3/c14-9(13-16)4-2-6-12-10(15)8-3-1-5-11-7-8/h8,11,16H,1-7H2,(H,12,15)(H,13,14). The molecule has 1 fully saturated rings. The van der Waals surface area contributed by atoms with Gasteiger partial charge in [0.05, 0.1) is 5.92 Å². The first-order valence-corrected chi connectivity index (χ1v) is 5.65. The summed E-state index contributed by atoms with van der Waals surface area (Å²) in [6, 6.07) is 0. The number of carbonyl (C=O) groups is 2. The van der Waals surface area contributed by atoms with Crippen molar-refractivity contribution < 1.29 is 14.8 Å². The highest BCUT2D eigenvalue weighted by atomic mass is 16.5. The zero-order valence-electron chi connectivity index (χ0n) is 9.29. The highest BCUT2D eigenvalue weighted by Crippen LogP contribution is 2.09. The number of piperidine rings is 1. The number of hydroxylamine groups is 1. The van der Waals surface area contributed by atoms with E-state index in [1.54, 1.807) is 5.48 Å². The lowest BCUT2D eigenvalue weighted by molar-refractivity contribution is -0.130. The van der Waals surface area contributed by atoms with Crippen molar-refractivity contribution >= 4 is 11.8 Å². The number of hydrogen-bond acceptors (Lipinski definition) is 4. The molecule has 1 rings (SSSR count). The van der Waals surface area contributed by atoms with Crippen LogP contribution in [0.2, 0.25) is 0 Å². The summed E-state index contributed by atoms with van der Waals surface area (Å²) in [7, 11) is 0. The summed E-state index contributed by atoms with van der Waals surface area (Å²) in [6.45, 7) is 2.20. The molecule has 1 atom stereocenters. The minimum absolute atomic E-state index is 0.0524. The number of nitrogens with one attached hydrogen (secondary N) is 3. The maximum absolute atomic E-state index is 11.6. The van der Waals surface area contributed by atoms with Crippen molar-refractivity contribution in [1.29, 1.82) is 0 Å². The Kier molecular flexibility index (Phi) is 5.81. The van der Waals surface area contributed by atoms with Crippen molar-refractivity contribution in [2.45, 2.75) is 25.7 Å². The van der Waals surface area contributed by atoms with Gasteiger partial charge in [0, 0.05) is 19.5 Å². The third-order valence-electron chi connectivity index (χ3n) is 2.67. The summed E-state index contributed by atoms with van der Waals surface area (Å²) in [5, 5.41) is 14.2. The first-order valence-electron chi connectivity index (χ1n) is 5.65. The minimum atomic E-state index is -0.423. The summed E-state index contributed by atoms with van der Waals surface area (Å²) < 4.78 is 0. The number of carbonyl (C=O) groups excluding carboxylic acids is 2. The van der Waals surface area contributed by atoms with Gasteiger partial charge in [0.25, 0.3) is 0 Å². The molecule has 6 nitrogen and oxygen atoms in total. The van der Waals surface area contributed by atoms with Crippen LogP contribution in [0.3, 0.4) is 0 Å². The Balaban J connectivity index is 2.07. The highest BCUT2D eigenvalue weighted by molar-refractivity contribution is 5.79. The van der Waals surface area contributed by atoms with Crippen LogP contribution in [0, 0.1) is 5.92 Å². The second kappa shape index (κ2) is 7.19. The summed E-state index contributed by atoms with van der Waals surface area (Å²) in [5.41, 5.74) is 1.55. The Morgan fingerprint density at radius 2 is 2.25 bits per heavy atom. The van der Waals surface area contributed by atoms with Crippen LogP contribution < -0.4 is 16.1 Å². The Bertz CT molecular complexity index is 239. The molecule has 0 bridgehead atoms. The van der Waals surface area contributed by atoms with Gasteiger partial charge in [-0.25, -0.2) is 5.48 Å². The van der Waals surface area contributed by atoms with E-state index in [0.29, 0.717) is 13.0 Å². The van der Waals surface area contributed by atoms with Crippen molar-refractivity contribution in [3.63, 3.8) is 0 Å².